The largest absolute Gasteiger partial charge is 0.337 e. The first kappa shape index (κ1) is 13.3. The quantitative estimate of drug-likeness (QED) is 0.900. The summed E-state index contributed by atoms with van der Waals surface area (Å²) in [5.74, 6) is 0.145. The Bertz CT molecular complexity index is 622. The molecule has 1 aromatic carbocycles. The van der Waals surface area contributed by atoms with E-state index in [9.17, 15) is 4.79 Å². The summed E-state index contributed by atoms with van der Waals surface area (Å²) in [6.45, 7) is 0.937. The molecule has 0 spiro atoms. The number of hydrogen-bond acceptors (Lipinski definition) is 5. The van der Waals surface area contributed by atoms with Crippen LogP contribution in [0, 0.1) is 0 Å². The Balaban J connectivity index is 1.71. The van der Waals surface area contributed by atoms with Crippen LogP contribution in [-0.2, 0) is 0 Å². The van der Waals surface area contributed by atoms with Crippen LogP contribution in [0.1, 0.15) is 35.4 Å². The first-order valence-corrected chi connectivity index (χ1v) is 7.15. The second-order valence-corrected chi connectivity index (χ2v) is 5.49. The zero-order valence-electron chi connectivity index (χ0n) is 10.6. The topological polar surface area (TPSA) is 80.0 Å². The Labute approximate surface area is 124 Å². The summed E-state index contributed by atoms with van der Waals surface area (Å²) in [6.07, 6.45) is 2.03. The maximum Gasteiger partial charge on any atom is 0.297 e. The molecule has 2 aromatic rings. The van der Waals surface area contributed by atoms with Crippen molar-refractivity contribution in [3.05, 3.63) is 40.5 Å². The van der Waals surface area contributed by atoms with Crippen molar-refractivity contribution < 1.29 is 9.32 Å². The third-order valence-corrected chi connectivity index (χ3v) is 3.58. The average Bonchev–Trinajstić information content (AvgIpc) is 3.10. The van der Waals surface area contributed by atoms with E-state index in [2.05, 4.69) is 36.7 Å². The summed E-state index contributed by atoms with van der Waals surface area (Å²) >= 11 is 3.35. The highest BCUT2D eigenvalue weighted by atomic mass is 79.9. The van der Waals surface area contributed by atoms with Gasteiger partial charge in [0.15, 0.2) is 0 Å². The monoisotopic (exact) mass is 336 g/mol. The van der Waals surface area contributed by atoms with Gasteiger partial charge in [-0.1, -0.05) is 27.2 Å². The number of amides is 1. The van der Waals surface area contributed by atoms with Crippen molar-refractivity contribution in [2.24, 2.45) is 0 Å². The fraction of sp³-hybridized carbons (Fsp3) is 0.308. The first-order valence-electron chi connectivity index (χ1n) is 6.36. The van der Waals surface area contributed by atoms with Gasteiger partial charge in [-0.15, -0.1) is 0 Å². The number of aromatic nitrogens is 2. The molecule has 3 rings (SSSR count). The van der Waals surface area contributed by atoms with Crippen molar-refractivity contribution in [3.8, 4) is 0 Å². The number of carbonyl (C=O) groups excluding carboxylic acids is 1. The maximum atomic E-state index is 12.0. The van der Waals surface area contributed by atoms with Crippen molar-refractivity contribution in [1.29, 1.82) is 0 Å². The molecule has 2 N–H and O–H groups in total. The third-order valence-electron chi connectivity index (χ3n) is 3.09. The highest BCUT2D eigenvalue weighted by Gasteiger charge is 2.24. The third kappa shape index (κ3) is 2.88. The van der Waals surface area contributed by atoms with Crippen LogP contribution in [0.3, 0.4) is 0 Å². The number of halogens is 1. The van der Waals surface area contributed by atoms with E-state index < -0.39 is 0 Å². The number of nitrogens with zero attached hydrogens (tertiary/aromatic N) is 2. The van der Waals surface area contributed by atoms with Gasteiger partial charge in [-0.25, -0.2) is 0 Å². The smallest absolute Gasteiger partial charge is 0.297 e. The van der Waals surface area contributed by atoms with E-state index in [0.29, 0.717) is 11.6 Å². The molecule has 1 aliphatic heterocycles. The highest BCUT2D eigenvalue weighted by molar-refractivity contribution is 9.10. The second-order valence-electron chi connectivity index (χ2n) is 4.57. The molecular formula is C13H13BrN4O2. The van der Waals surface area contributed by atoms with Gasteiger partial charge < -0.3 is 15.2 Å². The van der Waals surface area contributed by atoms with Crippen LogP contribution in [-0.4, -0.2) is 22.6 Å². The highest BCUT2D eigenvalue weighted by Crippen LogP contribution is 2.21. The summed E-state index contributed by atoms with van der Waals surface area (Å²) in [6, 6.07) is 7.38. The van der Waals surface area contributed by atoms with Gasteiger partial charge in [0.2, 0.25) is 5.89 Å². The van der Waals surface area contributed by atoms with Crippen molar-refractivity contribution in [2.45, 2.75) is 18.9 Å². The van der Waals surface area contributed by atoms with Crippen molar-refractivity contribution in [1.82, 2.24) is 15.5 Å². The average molecular weight is 337 g/mol. The molecule has 1 aromatic heterocycles. The van der Waals surface area contributed by atoms with Crippen molar-refractivity contribution >= 4 is 27.5 Å². The Hall–Kier alpha value is -1.73. The van der Waals surface area contributed by atoms with Crippen LogP contribution >= 0.6 is 15.9 Å². The maximum absolute atomic E-state index is 12.0. The Morgan fingerprint density at radius 2 is 2.40 bits per heavy atom. The summed E-state index contributed by atoms with van der Waals surface area (Å²) in [5, 5.41) is 9.71. The molecule has 0 radical (unpaired) electrons. The zero-order chi connectivity index (χ0) is 13.9. The van der Waals surface area contributed by atoms with Crippen LogP contribution in [0.25, 0.3) is 0 Å². The molecule has 104 valence electrons. The molecular weight excluding hydrogens is 324 g/mol. The lowest BCUT2D eigenvalue weighted by molar-refractivity contribution is 0.101. The van der Waals surface area contributed by atoms with Crippen LogP contribution in [0.4, 0.5) is 5.69 Å². The van der Waals surface area contributed by atoms with E-state index >= 15 is 0 Å². The Morgan fingerprint density at radius 1 is 1.50 bits per heavy atom. The molecule has 1 aliphatic rings. The first-order chi connectivity index (χ1) is 9.72. The van der Waals surface area contributed by atoms with Crippen LogP contribution in [0.15, 0.2) is 33.3 Å². The molecule has 1 saturated heterocycles. The zero-order valence-corrected chi connectivity index (χ0v) is 12.2. The molecule has 1 fully saturated rings. The molecule has 6 nitrogen and oxygen atoms in total. The van der Waals surface area contributed by atoms with Gasteiger partial charge >= 0.3 is 0 Å². The SMILES string of the molecule is O=C(Nc1cccc(Br)c1)c1noc(C2CCCN2)n1. The number of rotatable bonds is 3. The predicted molar refractivity (Wildman–Crippen MR) is 76.4 cm³/mol. The number of nitrogens with one attached hydrogen (secondary N) is 2. The number of carbonyl (C=O) groups is 1. The van der Waals surface area contributed by atoms with Gasteiger partial charge in [-0.3, -0.25) is 4.79 Å². The summed E-state index contributed by atoms with van der Waals surface area (Å²) in [4.78, 5) is 16.2. The molecule has 0 aliphatic carbocycles. The normalized spacial score (nSPS) is 18.1. The van der Waals surface area contributed by atoms with Crippen LogP contribution in [0.2, 0.25) is 0 Å². The predicted octanol–water partition coefficient (Wildman–Crippen LogP) is 2.51. The number of benzene rings is 1. The number of hydrogen-bond donors (Lipinski definition) is 2. The summed E-state index contributed by atoms with van der Waals surface area (Å²) in [5.41, 5.74) is 0.676. The van der Waals surface area contributed by atoms with E-state index in [1.807, 2.05) is 12.1 Å². The molecule has 1 unspecified atom stereocenters. The van der Waals surface area contributed by atoms with Gasteiger partial charge in [0.25, 0.3) is 11.7 Å². The fourth-order valence-corrected chi connectivity index (χ4v) is 2.52. The molecule has 0 bridgehead atoms. The Kier molecular flexibility index (Phi) is 3.79. The van der Waals surface area contributed by atoms with Gasteiger partial charge in [0.1, 0.15) is 0 Å². The summed E-state index contributed by atoms with van der Waals surface area (Å²) < 4.78 is 6.03. The minimum absolute atomic E-state index is 0.0497. The minimum Gasteiger partial charge on any atom is -0.337 e. The Morgan fingerprint density at radius 3 is 3.15 bits per heavy atom. The van der Waals surface area contributed by atoms with E-state index in [-0.39, 0.29) is 17.8 Å². The molecule has 2 heterocycles. The lowest BCUT2D eigenvalue weighted by Crippen LogP contribution is -2.15. The molecule has 20 heavy (non-hydrogen) atoms. The van der Waals surface area contributed by atoms with E-state index in [0.717, 1.165) is 23.9 Å². The van der Waals surface area contributed by atoms with Gasteiger partial charge in [0.05, 0.1) is 6.04 Å². The molecule has 0 saturated carbocycles. The van der Waals surface area contributed by atoms with Crippen LogP contribution < -0.4 is 10.6 Å². The fourth-order valence-electron chi connectivity index (χ4n) is 2.12. The lowest BCUT2D eigenvalue weighted by atomic mass is 10.2. The molecule has 7 heteroatoms. The lowest BCUT2D eigenvalue weighted by Gasteiger charge is -2.02. The van der Waals surface area contributed by atoms with E-state index in [4.69, 9.17) is 4.52 Å². The standard InChI is InChI=1S/C13H13BrN4O2/c14-8-3-1-4-9(7-8)16-12(19)11-17-13(20-18-11)10-5-2-6-15-10/h1,3-4,7,10,15H,2,5-6H2,(H,16,19). The van der Waals surface area contributed by atoms with Gasteiger partial charge in [-0.2, -0.15) is 4.98 Å². The minimum atomic E-state index is -0.379. The second kappa shape index (κ2) is 5.72. The van der Waals surface area contributed by atoms with Gasteiger partial charge in [0, 0.05) is 10.2 Å². The molecule has 1 amide bonds. The van der Waals surface area contributed by atoms with E-state index in [1.165, 1.54) is 0 Å². The summed E-state index contributed by atoms with van der Waals surface area (Å²) in [7, 11) is 0. The van der Waals surface area contributed by atoms with Crippen LogP contribution in [0.5, 0.6) is 0 Å². The van der Waals surface area contributed by atoms with Crippen molar-refractivity contribution in [2.75, 3.05) is 11.9 Å². The molecule has 1 atom stereocenters. The van der Waals surface area contributed by atoms with E-state index in [1.54, 1.807) is 12.1 Å². The van der Waals surface area contributed by atoms with Gasteiger partial charge in [-0.05, 0) is 37.6 Å². The van der Waals surface area contributed by atoms with Crippen molar-refractivity contribution in [3.63, 3.8) is 0 Å². The number of anilines is 1.